The molecular weight excluding hydrogens is 210 g/mol. The molecule has 0 bridgehead atoms. The van der Waals surface area contributed by atoms with Crippen LogP contribution in [0, 0.1) is 11.3 Å². The van der Waals surface area contributed by atoms with Crippen molar-refractivity contribution >= 4 is 6.29 Å². The van der Waals surface area contributed by atoms with Crippen molar-refractivity contribution in [2.24, 2.45) is 0 Å². The second-order valence-corrected chi connectivity index (χ2v) is 3.14. The average molecular weight is 221 g/mol. The highest BCUT2D eigenvalue weighted by Crippen LogP contribution is 2.24. The van der Waals surface area contributed by atoms with Crippen molar-refractivity contribution in [2.45, 2.75) is 12.2 Å². The molecule has 5 heteroatoms. The van der Waals surface area contributed by atoms with Gasteiger partial charge in [0.1, 0.15) is 11.9 Å². The van der Waals surface area contributed by atoms with Crippen molar-refractivity contribution in [2.75, 3.05) is 7.11 Å². The molecule has 0 aliphatic carbocycles. The number of benzene rings is 1. The molecule has 2 unspecified atom stereocenters. The highest BCUT2D eigenvalue weighted by atomic mass is 16.5. The van der Waals surface area contributed by atoms with Gasteiger partial charge >= 0.3 is 0 Å². The number of ether oxygens (including phenoxy) is 1. The standard InChI is InChI=1S/C11H11NO4/c1-16-10-4-7(2-3-8(10)6-13)11(15)9(14)5-12/h2-4,6,9,11,14-15H,1H3. The molecule has 0 radical (unpaired) electrons. The highest BCUT2D eigenvalue weighted by Gasteiger charge is 2.18. The van der Waals surface area contributed by atoms with Gasteiger partial charge in [-0.05, 0) is 17.7 Å². The minimum absolute atomic E-state index is 0.289. The second-order valence-electron chi connectivity index (χ2n) is 3.14. The Kier molecular flexibility index (Phi) is 4.00. The van der Waals surface area contributed by atoms with Gasteiger partial charge in [-0.2, -0.15) is 5.26 Å². The molecule has 0 aliphatic rings. The number of methoxy groups -OCH3 is 1. The topological polar surface area (TPSA) is 90.5 Å². The maximum Gasteiger partial charge on any atom is 0.170 e. The average Bonchev–Trinajstić information content (AvgIpc) is 2.35. The van der Waals surface area contributed by atoms with Gasteiger partial charge in [-0.15, -0.1) is 0 Å². The van der Waals surface area contributed by atoms with Gasteiger partial charge in [-0.3, -0.25) is 4.79 Å². The van der Waals surface area contributed by atoms with Crippen molar-refractivity contribution < 1.29 is 19.7 Å². The lowest BCUT2D eigenvalue weighted by atomic mass is 10.0. The molecule has 5 nitrogen and oxygen atoms in total. The fraction of sp³-hybridized carbons (Fsp3) is 0.273. The van der Waals surface area contributed by atoms with E-state index in [0.717, 1.165) is 0 Å². The number of nitrogens with zero attached hydrogens (tertiary/aromatic N) is 1. The van der Waals surface area contributed by atoms with E-state index in [4.69, 9.17) is 15.1 Å². The predicted molar refractivity (Wildman–Crippen MR) is 55.0 cm³/mol. The molecule has 0 heterocycles. The van der Waals surface area contributed by atoms with Gasteiger partial charge in [-0.25, -0.2) is 0 Å². The van der Waals surface area contributed by atoms with E-state index in [1.165, 1.54) is 31.4 Å². The van der Waals surface area contributed by atoms with Crippen LogP contribution in [-0.2, 0) is 0 Å². The van der Waals surface area contributed by atoms with E-state index in [1.807, 2.05) is 0 Å². The van der Waals surface area contributed by atoms with Crippen LogP contribution in [0.5, 0.6) is 5.75 Å². The smallest absolute Gasteiger partial charge is 0.170 e. The van der Waals surface area contributed by atoms with Crippen LogP contribution >= 0.6 is 0 Å². The van der Waals surface area contributed by atoms with Crippen LogP contribution in [0.15, 0.2) is 18.2 Å². The highest BCUT2D eigenvalue weighted by molar-refractivity contribution is 5.79. The normalized spacial score (nSPS) is 13.6. The second kappa shape index (κ2) is 5.26. The number of carbonyl (C=O) groups is 1. The van der Waals surface area contributed by atoms with E-state index in [1.54, 1.807) is 0 Å². The number of aliphatic hydroxyl groups excluding tert-OH is 2. The molecule has 2 atom stereocenters. The summed E-state index contributed by atoms with van der Waals surface area (Å²) in [5.74, 6) is 0.289. The van der Waals surface area contributed by atoms with Gasteiger partial charge in [-0.1, -0.05) is 6.07 Å². The minimum atomic E-state index is -1.51. The zero-order valence-electron chi connectivity index (χ0n) is 8.62. The minimum Gasteiger partial charge on any atom is -0.496 e. The third kappa shape index (κ3) is 2.37. The first kappa shape index (κ1) is 12.2. The first-order chi connectivity index (χ1) is 7.63. The van der Waals surface area contributed by atoms with Crippen LogP contribution in [0.1, 0.15) is 22.0 Å². The van der Waals surface area contributed by atoms with Crippen LogP contribution in [0.3, 0.4) is 0 Å². The first-order valence-electron chi connectivity index (χ1n) is 4.53. The van der Waals surface area contributed by atoms with Gasteiger partial charge in [0.2, 0.25) is 0 Å². The Hall–Kier alpha value is -1.90. The zero-order valence-corrected chi connectivity index (χ0v) is 8.62. The number of hydrogen-bond acceptors (Lipinski definition) is 5. The maximum absolute atomic E-state index is 10.6. The number of rotatable bonds is 4. The van der Waals surface area contributed by atoms with Gasteiger partial charge in [0.05, 0.1) is 18.7 Å². The van der Waals surface area contributed by atoms with Crippen molar-refractivity contribution in [1.82, 2.24) is 0 Å². The Morgan fingerprint density at radius 3 is 2.69 bits per heavy atom. The summed E-state index contributed by atoms with van der Waals surface area (Å²) < 4.78 is 4.93. The van der Waals surface area contributed by atoms with Crippen LogP contribution in [0.4, 0.5) is 0 Å². The summed E-state index contributed by atoms with van der Waals surface area (Å²) in [5.41, 5.74) is 0.654. The Bertz CT molecular complexity index is 424. The van der Waals surface area contributed by atoms with Crippen molar-refractivity contribution in [1.29, 1.82) is 5.26 Å². The summed E-state index contributed by atoms with van der Waals surface area (Å²) in [6, 6.07) is 5.84. The van der Waals surface area contributed by atoms with E-state index in [2.05, 4.69) is 0 Å². The van der Waals surface area contributed by atoms with E-state index >= 15 is 0 Å². The molecule has 0 spiro atoms. The lowest BCUT2D eigenvalue weighted by Crippen LogP contribution is -2.15. The zero-order chi connectivity index (χ0) is 12.1. The summed E-state index contributed by atoms with van der Waals surface area (Å²) in [7, 11) is 1.39. The summed E-state index contributed by atoms with van der Waals surface area (Å²) in [6.07, 6.45) is -2.21. The number of aldehydes is 1. The predicted octanol–water partition coefficient (Wildman–Crippen LogP) is 0.426. The number of aliphatic hydroxyl groups is 2. The van der Waals surface area contributed by atoms with Crippen molar-refractivity contribution in [3.8, 4) is 11.8 Å². The van der Waals surface area contributed by atoms with Gasteiger partial charge in [0.15, 0.2) is 12.4 Å². The Labute approximate surface area is 92.5 Å². The molecular formula is C11H11NO4. The van der Waals surface area contributed by atoms with Crippen LogP contribution < -0.4 is 4.74 Å². The Morgan fingerprint density at radius 1 is 1.50 bits per heavy atom. The molecule has 16 heavy (non-hydrogen) atoms. The number of carbonyl (C=O) groups excluding carboxylic acids is 1. The molecule has 0 saturated carbocycles. The third-order valence-corrected chi connectivity index (χ3v) is 2.16. The number of hydrogen-bond donors (Lipinski definition) is 2. The van der Waals surface area contributed by atoms with Crippen LogP contribution in [0.2, 0.25) is 0 Å². The molecule has 1 aromatic carbocycles. The summed E-state index contributed by atoms with van der Waals surface area (Å²) in [5, 5.41) is 27.2. The molecule has 0 aliphatic heterocycles. The summed E-state index contributed by atoms with van der Waals surface area (Å²) in [6.45, 7) is 0. The maximum atomic E-state index is 10.6. The molecule has 0 aromatic heterocycles. The van der Waals surface area contributed by atoms with E-state index < -0.39 is 12.2 Å². The Balaban J connectivity index is 3.08. The first-order valence-corrected chi connectivity index (χ1v) is 4.53. The molecule has 1 aromatic rings. The Morgan fingerprint density at radius 2 is 2.19 bits per heavy atom. The third-order valence-electron chi connectivity index (χ3n) is 2.16. The van der Waals surface area contributed by atoms with E-state index in [-0.39, 0.29) is 5.75 Å². The van der Waals surface area contributed by atoms with Crippen LogP contribution in [-0.4, -0.2) is 29.7 Å². The fourth-order valence-corrected chi connectivity index (χ4v) is 1.26. The van der Waals surface area contributed by atoms with E-state index in [9.17, 15) is 9.90 Å². The summed E-state index contributed by atoms with van der Waals surface area (Å²) in [4.78, 5) is 10.6. The van der Waals surface area contributed by atoms with Gasteiger partial charge in [0, 0.05) is 0 Å². The molecule has 1 rings (SSSR count). The monoisotopic (exact) mass is 221 g/mol. The molecule has 2 N–H and O–H groups in total. The van der Waals surface area contributed by atoms with Crippen molar-refractivity contribution in [3.63, 3.8) is 0 Å². The lowest BCUT2D eigenvalue weighted by Gasteiger charge is -2.13. The molecule has 0 fully saturated rings. The van der Waals surface area contributed by atoms with Gasteiger partial charge < -0.3 is 14.9 Å². The number of nitriles is 1. The van der Waals surface area contributed by atoms with E-state index in [0.29, 0.717) is 17.4 Å². The molecule has 0 saturated heterocycles. The van der Waals surface area contributed by atoms with Crippen molar-refractivity contribution in [3.05, 3.63) is 29.3 Å². The largest absolute Gasteiger partial charge is 0.496 e. The molecule has 0 amide bonds. The quantitative estimate of drug-likeness (QED) is 0.568. The van der Waals surface area contributed by atoms with Crippen LogP contribution in [0.25, 0.3) is 0 Å². The lowest BCUT2D eigenvalue weighted by molar-refractivity contribution is 0.0526. The molecule has 84 valence electrons. The van der Waals surface area contributed by atoms with Gasteiger partial charge in [0.25, 0.3) is 0 Å². The summed E-state index contributed by atoms with van der Waals surface area (Å²) >= 11 is 0. The SMILES string of the molecule is COc1cc(C(O)C(O)C#N)ccc1C=O. The fourth-order valence-electron chi connectivity index (χ4n) is 1.26.